The normalized spacial score (nSPS) is 21.3. The molecule has 0 aliphatic carbocycles. The van der Waals surface area contributed by atoms with Crippen LogP contribution in [0.15, 0.2) is 48.5 Å². The van der Waals surface area contributed by atoms with Crippen LogP contribution in [0.4, 0.5) is 11.6 Å². The number of halogens is 1. The van der Waals surface area contributed by atoms with Gasteiger partial charge in [0.1, 0.15) is 5.75 Å². The first-order valence-electron chi connectivity index (χ1n) is 12.1. The lowest BCUT2D eigenvalue weighted by Gasteiger charge is -2.30. The fourth-order valence-corrected chi connectivity index (χ4v) is 5.19. The smallest absolute Gasteiger partial charge is 0.274 e. The second kappa shape index (κ2) is 10.7. The van der Waals surface area contributed by atoms with Crippen molar-refractivity contribution in [3.63, 3.8) is 0 Å². The number of nitrogens with zero attached hydrogens (tertiary/aromatic N) is 3. The molecule has 5 N–H and O–H groups in total. The van der Waals surface area contributed by atoms with E-state index in [2.05, 4.69) is 65.7 Å². The lowest BCUT2D eigenvalue weighted by Crippen LogP contribution is -2.46. The highest BCUT2D eigenvalue weighted by atomic mass is 35.5. The molecule has 1 aliphatic rings. The molecule has 1 fully saturated rings. The number of benzene rings is 2. The van der Waals surface area contributed by atoms with Crippen LogP contribution in [0.1, 0.15) is 39.5 Å². The molecule has 190 valence electrons. The van der Waals surface area contributed by atoms with Crippen LogP contribution in [0.2, 0.25) is 5.15 Å². The third-order valence-electron chi connectivity index (χ3n) is 7.03. The highest BCUT2D eigenvalue weighted by Crippen LogP contribution is 2.33. The predicted molar refractivity (Wildman–Crippen MR) is 143 cm³/mol. The van der Waals surface area contributed by atoms with E-state index in [9.17, 15) is 4.79 Å². The molecule has 3 aromatic rings. The van der Waals surface area contributed by atoms with Gasteiger partial charge in [0.15, 0.2) is 22.5 Å². The zero-order valence-corrected chi connectivity index (χ0v) is 21.8. The van der Waals surface area contributed by atoms with Crippen LogP contribution in [0.25, 0.3) is 0 Å². The van der Waals surface area contributed by atoms with Gasteiger partial charge in [-0.1, -0.05) is 53.6 Å². The maximum atomic E-state index is 13.2. The quantitative estimate of drug-likeness (QED) is 0.400. The number of likely N-dealkylation sites (N-methyl/N-ethyl adjacent to an activating group) is 1. The van der Waals surface area contributed by atoms with Gasteiger partial charge >= 0.3 is 0 Å². The van der Waals surface area contributed by atoms with Gasteiger partial charge in [0, 0.05) is 6.42 Å². The van der Waals surface area contributed by atoms with E-state index in [0.29, 0.717) is 0 Å². The number of ether oxygens (including phenoxy) is 1. The summed E-state index contributed by atoms with van der Waals surface area (Å²) in [5.41, 5.74) is 15.3. The van der Waals surface area contributed by atoms with E-state index in [4.69, 9.17) is 27.8 Å². The molecular weight excluding hydrogens is 476 g/mol. The summed E-state index contributed by atoms with van der Waals surface area (Å²) >= 11 is 6.01. The maximum absolute atomic E-state index is 13.2. The Morgan fingerprint density at radius 1 is 1.08 bits per heavy atom. The minimum atomic E-state index is -0.393. The van der Waals surface area contributed by atoms with Crippen molar-refractivity contribution >= 4 is 29.1 Å². The number of methoxy groups -OCH3 is 1. The first-order chi connectivity index (χ1) is 17.2. The number of nitrogen functional groups attached to an aromatic ring is 2. The number of nitrogens with two attached hydrogens (primary N) is 2. The molecule has 2 unspecified atom stereocenters. The van der Waals surface area contributed by atoms with Crippen LogP contribution in [0, 0.1) is 6.92 Å². The molecule has 8 nitrogen and oxygen atoms in total. The average molecular weight is 510 g/mol. The van der Waals surface area contributed by atoms with Gasteiger partial charge in [-0.05, 0) is 36.6 Å². The standard InChI is InChI=1S/C27H33ClN6O2/c1-17-6-10-19(11-7-17)21-15-34(2,14-4-5-18-8-12-20(36-3)13-9-18)16-22(21)31-27(35)23-25(29)33-26(30)24(28)32-23/h6-13,21-22H,4-5,14-16H2,1-3H3,(H4-,29,30,31,33,35)/p+1/t21-,22?,34?/m0/s1. The van der Waals surface area contributed by atoms with Crippen molar-refractivity contribution < 1.29 is 14.0 Å². The number of nitrogens with one attached hydrogen (secondary N) is 1. The molecule has 1 amide bonds. The number of aryl methyl sites for hydroxylation is 2. The SMILES string of the molecule is COc1ccc(CCC[N+]2(C)CC(NC(=O)c3nc(Cl)c(N)nc3N)[C@H](c3ccc(C)cc3)C2)cc1. The van der Waals surface area contributed by atoms with Gasteiger partial charge < -0.3 is 26.0 Å². The van der Waals surface area contributed by atoms with Crippen molar-refractivity contribution in [2.75, 3.05) is 45.3 Å². The summed E-state index contributed by atoms with van der Waals surface area (Å²) in [6, 6.07) is 16.7. The van der Waals surface area contributed by atoms with Gasteiger partial charge in [0.2, 0.25) is 0 Å². The van der Waals surface area contributed by atoms with Crippen LogP contribution in [-0.4, -0.2) is 60.2 Å². The van der Waals surface area contributed by atoms with Crippen LogP contribution < -0.4 is 21.5 Å². The van der Waals surface area contributed by atoms with Gasteiger partial charge in [-0.15, -0.1) is 0 Å². The number of quaternary nitrogens is 1. The van der Waals surface area contributed by atoms with Crippen molar-refractivity contribution in [1.82, 2.24) is 15.3 Å². The van der Waals surface area contributed by atoms with E-state index in [-0.39, 0.29) is 34.4 Å². The van der Waals surface area contributed by atoms with Gasteiger partial charge in [0.05, 0.1) is 45.8 Å². The number of hydrogen-bond donors (Lipinski definition) is 3. The van der Waals surface area contributed by atoms with Crippen molar-refractivity contribution in [3.05, 3.63) is 76.1 Å². The van der Waals surface area contributed by atoms with Gasteiger partial charge in [-0.25, -0.2) is 9.97 Å². The molecule has 1 saturated heterocycles. The molecular formula is C27H34ClN6O2+. The van der Waals surface area contributed by atoms with Crippen molar-refractivity contribution in [3.8, 4) is 5.75 Å². The average Bonchev–Trinajstić information content (AvgIpc) is 3.18. The number of carbonyl (C=O) groups is 1. The van der Waals surface area contributed by atoms with Crippen LogP contribution in [0.3, 0.4) is 0 Å². The Morgan fingerprint density at radius 3 is 2.44 bits per heavy atom. The van der Waals surface area contributed by atoms with Crippen LogP contribution >= 0.6 is 11.6 Å². The molecule has 36 heavy (non-hydrogen) atoms. The minimum absolute atomic E-state index is 0.00235. The molecule has 4 rings (SSSR count). The van der Waals surface area contributed by atoms with Gasteiger partial charge in [0.25, 0.3) is 5.91 Å². The summed E-state index contributed by atoms with van der Waals surface area (Å²) in [4.78, 5) is 21.2. The molecule has 2 heterocycles. The van der Waals surface area contributed by atoms with Crippen molar-refractivity contribution in [2.45, 2.75) is 31.7 Å². The highest BCUT2D eigenvalue weighted by molar-refractivity contribution is 6.31. The Morgan fingerprint density at radius 2 is 1.78 bits per heavy atom. The second-order valence-electron chi connectivity index (χ2n) is 9.89. The summed E-state index contributed by atoms with van der Waals surface area (Å²) in [6.07, 6.45) is 2.02. The Balaban J connectivity index is 1.49. The minimum Gasteiger partial charge on any atom is -0.497 e. The molecule has 0 bridgehead atoms. The van der Waals surface area contributed by atoms with E-state index in [1.54, 1.807) is 7.11 Å². The zero-order chi connectivity index (χ0) is 25.9. The van der Waals surface area contributed by atoms with Crippen LogP contribution in [-0.2, 0) is 6.42 Å². The van der Waals surface area contributed by atoms with E-state index >= 15 is 0 Å². The highest BCUT2D eigenvalue weighted by Gasteiger charge is 2.44. The first-order valence-corrected chi connectivity index (χ1v) is 12.5. The molecule has 1 aromatic heterocycles. The fraction of sp³-hybridized carbons (Fsp3) is 0.370. The van der Waals surface area contributed by atoms with Gasteiger partial charge in [-0.3, -0.25) is 4.79 Å². The topological polar surface area (TPSA) is 116 Å². The summed E-state index contributed by atoms with van der Waals surface area (Å²) < 4.78 is 6.11. The zero-order valence-electron chi connectivity index (χ0n) is 21.0. The molecule has 3 atom stereocenters. The number of rotatable bonds is 8. The number of likely N-dealkylation sites (tertiary alicyclic amines) is 1. The second-order valence-corrected chi connectivity index (χ2v) is 10.2. The molecule has 9 heteroatoms. The number of amides is 1. The van der Waals surface area contributed by atoms with Crippen LogP contribution in [0.5, 0.6) is 5.75 Å². The molecule has 2 aromatic carbocycles. The Labute approximate surface area is 217 Å². The third kappa shape index (κ3) is 5.88. The molecule has 0 saturated carbocycles. The number of aromatic nitrogens is 2. The Bertz CT molecular complexity index is 1220. The van der Waals surface area contributed by atoms with E-state index in [0.717, 1.165) is 42.7 Å². The summed E-state index contributed by atoms with van der Waals surface area (Å²) in [5.74, 6) is 0.598. The summed E-state index contributed by atoms with van der Waals surface area (Å²) in [5, 5.41) is 3.14. The predicted octanol–water partition coefficient (Wildman–Crippen LogP) is 3.59. The van der Waals surface area contributed by atoms with Crippen molar-refractivity contribution in [2.24, 2.45) is 0 Å². The van der Waals surface area contributed by atoms with E-state index in [1.165, 1.54) is 16.7 Å². The fourth-order valence-electron chi connectivity index (χ4n) is 5.06. The van der Waals surface area contributed by atoms with Gasteiger partial charge in [-0.2, -0.15) is 0 Å². The maximum Gasteiger partial charge on any atom is 0.274 e. The van der Waals surface area contributed by atoms with E-state index < -0.39 is 5.91 Å². The summed E-state index contributed by atoms with van der Waals surface area (Å²) in [6.45, 7) is 4.78. The number of hydrogen-bond acceptors (Lipinski definition) is 6. The Hall–Kier alpha value is -3.36. The molecule has 0 spiro atoms. The summed E-state index contributed by atoms with van der Waals surface area (Å²) in [7, 11) is 3.94. The largest absolute Gasteiger partial charge is 0.497 e. The number of anilines is 2. The monoisotopic (exact) mass is 509 g/mol. The Kier molecular flexibility index (Phi) is 7.66. The molecule has 0 radical (unpaired) electrons. The number of carbonyl (C=O) groups excluding carboxylic acids is 1. The molecule has 1 aliphatic heterocycles. The van der Waals surface area contributed by atoms with Crippen molar-refractivity contribution in [1.29, 1.82) is 0 Å². The van der Waals surface area contributed by atoms with E-state index in [1.807, 2.05) is 12.1 Å². The lowest BCUT2D eigenvalue weighted by molar-refractivity contribution is -0.898. The lowest BCUT2D eigenvalue weighted by atomic mass is 9.93. The first kappa shape index (κ1) is 25.7. The third-order valence-corrected chi connectivity index (χ3v) is 7.30.